The average Bonchev–Trinajstić information content (AvgIpc) is 3.69. The number of aliphatic hydroxyl groups is 1. The second kappa shape index (κ2) is 15.4. The van der Waals surface area contributed by atoms with Crippen molar-refractivity contribution in [3.05, 3.63) is 83.3 Å². The lowest BCUT2D eigenvalue weighted by molar-refractivity contribution is 0.171. The van der Waals surface area contributed by atoms with Gasteiger partial charge in [-0.15, -0.1) is 10.2 Å². The molecule has 0 spiro atoms. The highest BCUT2D eigenvalue weighted by Crippen LogP contribution is 2.39. The number of hydrogen-bond acceptors (Lipinski definition) is 8. The molecular weight excluding hydrogens is 611 g/mol. The monoisotopic (exact) mass is 659 g/mol. The minimum Gasteiger partial charge on any atom is -0.484 e. The van der Waals surface area contributed by atoms with Gasteiger partial charge in [0.15, 0.2) is 11.5 Å². The van der Waals surface area contributed by atoms with Crippen molar-refractivity contribution in [1.82, 2.24) is 24.8 Å². The molecule has 6 rings (SSSR count). The van der Waals surface area contributed by atoms with E-state index in [1.54, 1.807) is 0 Å². The number of β-amino-alcohol motifs (C(OH)–C–C–N with tert-alkyl or cyclic N) is 1. The van der Waals surface area contributed by atoms with Gasteiger partial charge in [0.25, 0.3) is 0 Å². The van der Waals surface area contributed by atoms with Crippen LogP contribution < -0.4 is 20.1 Å². The Kier molecular flexibility index (Phi) is 11.3. The summed E-state index contributed by atoms with van der Waals surface area (Å²) in [6.45, 7) is 12.2. The zero-order valence-electron chi connectivity index (χ0n) is 28.4. The van der Waals surface area contributed by atoms with Crippen LogP contribution in [0.3, 0.4) is 0 Å². The molecule has 1 aliphatic carbocycles. The summed E-state index contributed by atoms with van der Waals surface area (Å²) >= 11 is 1.52. The zero-order valence-corrected chi connectivity index (χ0v) is 29.2. The first kappa shape index (κ1) is 34.5. The third kappa shape index (κ3) is 8.02. The number of urea groups is 1. The zero-order chi connectivity index (χ0) is 33.6. The molecule has 1 aliphatic heterocycles. The number of aliphatic hydroxyl groups excluding tert-OH is 1. The minimum atomic E-state index is -0.233. The number of pyridine rings is 1. The first-order chi connectivity index (χ1) is 22.7. The Morgan fingerprint density at radius 2 is 1.79 bits per heavy atom. The maximum absolute atomic E-state index is 13.3. The summed E-state index contributed by atoms with van der Waals surface area (Å²) in [7, 11) is 0. The third-order valence-corrected chi connectivity index (χ3v) is 9.19. The van der Waals surface area contributed by atoms with Gasteiger partial charge in [0, 0.05) is 24.2 Å². The van der Waals surface area contributed by atoms with E-state index in [4.69, 9.17) is 4.74 Å². The fourth-order valence-electron chi connectivity index (χ4n) is 6.52. The molecule has 3 atom stereocenters. The molecule has 0 radical (unpaired) electrons. The topological polar surface area (TPSA) is 116 Å². The van der Waals surface area contributed by atoms with Crippen molar-refractivity contribution in [2.45, 2.75) is 83.9 Å². The maximum atomic E-state index is 13.3. The van der Waals surface area contributed by atoms with Gasteiger partial charge in [-0.25, -0.2) is 4.79 Å². The second-order valence-corrected chi connectivity index (χ2v) is 13.5. The largest absolute Gasteiger partial charge is 0.484 e. The lowest BCUT2D eigenvalue weighted by Gasteiger charge is -2.32. The van der Waals surface area contributed by atoms with Crippen LogP contribution in [0.15, 0.2) is 60.8 Å². The number of ether oxygens (including phenoxy) is 1. The van der Waals surface area contributed by atoms with Crippen molar-refractivity contribution in [1.29, 1.82) is 0 Å². The standard InChI is InChI=1S/C34H43N7O3S.C2H6/c1-34(2,3)22-18-23(20-24(19-22)39-45-4)35-33(43)36-28-12-13-30(27-9-6-5-8-26(27)28)44-25-11-14-31-37-38-32(41(31)21-25)29-10-7-15-40(29)16-17-42;1-2/h5-6,8-9,11,14,18-21,28-30,39,42H,7,10,12-13,15-17H2,1-4H3,(H2,35,36,43);1-2H3/t28?,29-,30+;/m0./s1. The summed E-state index contributed by atoms with van der Waals surface area (Å²) in [5.41, 5.74) is 5.70. The number of nitrogens with one attached hydrogen (secondary N) is 3. The Morgan fingerprint density at radius 3 is 2.53 bits per heavy atom. The van der Waals surface area contributed by atoms with E-state index in [0.29, 0.717) is 6.54 Å². The highest BCUT2D eigenvalue weighted by Gasteiger charge is 2.31. The number of rotatable bonds is 9. The molecular formula is C36H49N7O3S. The Labute approximate surface area is 282 Å². The van der Waals surface area contributed by atoms with Crippen molar-refractivity contribution in [3.63, 3.8) is 0 Å². The van der Waals surface area contributed by atoms with Crippen molar-refractivity contribution in [3.8, 4) is 5.75 Å². The summed E-state index contributed by atoms with van der Waals surface area (Å²) in [6.07, 6.45) is 7.36. The van der Waals surface area contributed by atoms with Gasteiger partial charge in [0.2, 0.25) is 0 Å². The van der Waals surface area contributed by atoms with Crippen LogP contribution in [0.4, 0.5) is 16.2 Å². The number of carbonyl (C=O) groups is 1. The predicted octanol–water partition coefficient (Wildman–Crippen LogP) is 7.65. The van der Waals surface area contributed by atoms with Crippen LogP contribution in [0.1, 0.15) is 101 Å². The molecule has 2 aliphatic rings. The smallest absolute Gasteiger partial charge is 0.319 e. The number of benzene rings is 2. The van der Waals surface area contributed by atoms with E-state index in [1.165, 1.54) is 11.9 Å². The van der Waals surface area contributed by atoms with E-state index < -0.39 is 0 Å². The van der Waals surface area contributed by atoms with E-state index >= 15 is 0 Å². The molecule has 4 N–H and O–H groups in total. The Morgan fingerprint density at radius 1 is 1.02 bits per heavy atom. The fraction of sp³-hybridized carbons (Fsp3) is 0.472. The molecule has 1 saturated heterocycles. The van der Waals surface area contributed by atoms with Gasteiger partial charge in [0.05, 0.1) is 24.9 Å². The number of nitrogens with zero attached hydrogens (tertiary/aromatic N) is 4. The Balaban J connectivity index is 0.00000213. The van der Waals surface area contributed by atoms with Crippen LogP contribution in [0, 0.1) is 0 Å². The molecule has 252 valence electrons. The number of fused-ring (bicyclic) bond motifs is 2. The molecule has 2 aromatic heterocycles. The van der Waals surface area contributed by atoms with E-state index in [9.17, 15) is 9.90 Å². The highest BCUT2D eigenvalue weighted by molar-refractivity contribution is 7.99. The van der Waals surface area contributed by atoms with Crippen LogP contribution >= 0.6 is 11.9 Å². The molecule has 1 unspecified atom stereocenters. The van der Waals surface area contributed by atoms with Crippen molar-refractivity contribution >= 4 is 35.0 Å². The van der Waals surface area contributed by atoms with Crippen molar-refractivity contribution < 1.29 is 14.6 Å². The summed E-state index contributed by atoms with van der Waals surface area (Å²) in [6, 6.07) is 18.0. The van der Waals surface area contributed by atoms with Crippen molar-refractivity contribution in [2.24, 2.45) is 0 Å². The van der Waals surface area contributed by atoms with Crippen molar-refractivity contribution in [2.75, 3.05) is 36.0 Å². The molecule has 4 aromatic rings. The number of carbonyl (C=O) groups excluding carboxylic acids is 1. The number of aromatic nitrogens is 3. The van der Waals surface area contributed by atoms with E-state index in [1.807, 2.05) is 67.1 Å². The molecule has 47 heavy (non-hydrogen) atoms. The molecule has 3 heterocycles. The first-order valence-electron chi connectivity index (χ1n) is 16.7. The van der Waals surface area contributed by atoms with Crippen LogP contribution in [0.5, 0.6) is 5.75 Å². The molecule has 0 bridgehead atoms. The number of amides is 2. The quantitative estimate of drug-likeness (QED) is 0.136. The van der Waals surface area contributed by atoms with Gasteiger partial charge in [-0.05, 0) is 84.7 Å². The van der Waals surface area contributed by atoms with Gasteiger partial charge in [-0.1, -0.05) is 70.8 Å². The Hall–Kier alpha value is -3.80. The van der Waals surface area contributed by atoms with Gasteiger partial charge in [0.1, 0.15) is 11.9 Å². The molecule has 0 saturated carbocycles. The number of anilines is 2. The van der Waals surface area contributed by atoms with Crippen LogP contribution in [-0.4, -0.2) is 56.6 Å². The van der Waals surface area contributed by atoms with Gasteiger partial charge < -0.3 is 25.2 Å². The van der Waals surface area contributed by atoms with E-state index in [2.05, 4.69) is 69.4 Å². The van der Waals surface area contributed by atoms with Gasteiger partial charge >= 0.3 is 6.03 Å². The fourth-order valence-corrected chi connectivity index (χ4v) is 6.88. The van der Waals surface area contributed by atoms with E-state index in [0.717, 1.165) is 77.5 Å². The number of hydrogen-bond donors (Lipinski definition) is 4. The lowest BCUT2D eigenvalue weighted by Crippen LogP contribution is -2.35. The SMILES string of the molecule is CC.CSNc1cc(NC(=O)NC2CC[C@@H](Oc3ccc4nnc([C@@H]5CCCN5CCO)n4c3)c3ccccc32)cc(C(C)(C)C)c1. The summed E-state index contributed by atoms with van der Waals surface area (Å²) < 4.78 is 11.9. The summed E-state index contributed by atoms with van der Waals surface area (Å²) in [5, 5.41) is 24.7. The van der Waals surface area contributed by atoms with Crippen LogP contribution in [0.25, 0.3) is 5.65 Å². The average molecular weight is 660 g/mol. The maximum Gasteiger partial charge on any atom is 0.319 e. The van der Waals surface area contributed by atoms with E-state index in [-0.39, 0.29) is 36.2 Å². The van der Waals surface area contributed by atoms with Crippen LogP contribution in [0.2, 0.25) is 0 Å². The molecule has 1 fully saturated rings. The summed E-state index contributed by atoms with van der Waals surface area (Å²) in [4.78, 5) is 15.6. The predicted molar refractivity (Wildman–Crippen MR) is 191 cm³/mol. The normalized spacial score (nSPS) is 19.4. The molecule has 2 amide bonds. The number of likely N-dealkylation sites (tertiary alicyclic amines) is 1. The molecule has 11 heteroatoms. The van der Waals surface area contributed by atoms with Crippen LogP contribution in [-0.2, 0) is 5.41 Å². The molecule has 10 nitrogen and oxygen atoms in total. The lowest BCUT2D eigenvalue weighted by atomic mass is 9.85. The Bertz CT molecular complexity index is 1650. The third-order valence-electron chi connectivity index (χ3n) is 8.75. The minimum absolute atomic E-state index is 0.0580. The second-order valence-electron chi connectivity index (χ2n) is 12.9. The highest BCUT2D eigenvalue weighted by atomic mass is 32.2. The molecule has 2 aromatic carbocycles. The first-order valence-corrected chi connectivity index (χ1v) is 17.9. The van der Waals surface area contributed by atoms with Gasteiger partial charge in [-0.3, -0.25) is 9.30 Å². The van der Waals surface area contributed by atoms with Gasteiger partial charge in [-0.2, -0.15) is 0 Å². The summed E-state index contributed by atoms with van der Waals surface area (Å²) in [5.74, 6) is 1.62.